The molecule has 2 aromatic carbocycles. The minimum absolute atomic E-state index is 0.0511. The lowest BCUT2D eigenvalue weighted by Gasteiger charge is -2.40. The third kappa shape index (κ3) is 5.21. The third-order valence-corrected chi connectivity index (χ3v) is 9.23. The summed E-state index contributed by atoms with van der Waals surface area (Å²) >= 11 is 7.90. The number of hydrogen-bond donors (Lipinski definition) is 0. The molecule has 0 unspecified atom stereocenters. The van der Waals surface area contributed by atoms with Crippen molar-refractivity contribution in [1.29, 1.82) is 0 Å². The molecule has 0 atom stereocenters. The second-order valence-corrected chi connectivity index (χ2v) is 11.1. The van der Waals surface area contributed by atoms with Gasteiger partial charge in [0.2, 0.25) is 0 Å². The van der Waals surface area contributed by atoms with Crippen LogP contribution in [-0.4, -0.2) is 47.8 Å². The van der Waals surface area contributed by atoms with Crippen LogP contribution >= 0.6 is 22.9 Å². The van der Waals surface area contributed by atoms with Crippen LogP contribution in [0.5, 0.6) is 0 Å². The van der Waals surface area contributed by atoms with E-state index >= 15 is 0 Å². The largest absolute Gasteiger partial charge is 0.417 e. The number of amides is 2. The Bertz CT molecular complexity index is 1330. The molecule has 196 valence electrons. The number of thiophene rings is 1. The topological polar surface area (TPSA) is 40.6 Å². The van der Waals surface area contributed by atoms with Crippen LogP contribution in [0.15, 0.2) is 42.5 Å². The average Bonchev–Trinajstić information content (AvgIpc) is 3.24. The standard InChI is InChI=1S/C27H25ClF4N2O2S/c28-23-20-3-1-2-4-22(20)37-24(23)26(36)34-13-9-17(10-14-34)16-7-11-33(12-8-16)25(35)19-6-5-18(29)15-21(19)27(30,31)32/h1-6,15-17H,7-14H2. The van der Waals surface area contributed by atoms with Crippen molar-refractivity contribution < 1.29 is 27.2 Å². The summed E-state index contributed by atoms with van der Waals surface area (Å²) in [5.41, 5.74) is -1.76. The Kier molecular flexibility index (Phi) is 7.20. The van der Waals surface area contributed by atoms with Crippen LogP contribution in [0.1, 0.15) is 51.3 Å². The van der Waals surface area contributed by atoms with E-state index in [1.807, 2.05) is 29.2 Å². The number of rotatable bonds is 3. The van der Waals surface area contributed by atoms with E-state index in [-0.39, 0.29) is 5.91 Å². The molecule has 0 aliphatic carbocycles. The first-order chi connectivity index (χ1) is 17.6. The van der Waals surface area contributed by atoms with Crippen molar-refractivity contribution in [3.63, 3.8) is 0 Å². The van der Waals surface area contributed by atoms with E-state index in [0.29, 0.717) is 66.8 Å². The maximum atomic E-state index is 13.4. The van der Waals surface area contributed by atoms with E-state index < -0.39 is 29.0 Å². The van der Waals surface area contributed by atoms with Gasteiger partial charge in [0.05, 0.1) is 16.1 Å². The zero-order valence-corrected chi connectivity index (χ0v) is 21.4. The predicted molar refractivity (Wildman–Crippen MR) is 135 cm³/mol. The summed E-state index contributed by atoms with van der Waals surface area (Å²) in [5, 5.41) is 1.39. The van der Waals surface area contributed by atoms with Crippen LogP contribution in [0.2, 0.25) is 5.02 Å². The van der Waals surface area contributed by atoms with Gasteiger partial charge in [0.1, 0.15) is 10.7 Å². The minimum atomic E-state index is -4.81. The number of benzene rings is 2. The molecule has 2 saturated heterocycles. The Morgan fingerprint density at radius 1 is 0.865 bits per heavy atom. The molecule has 2 fully saturated rings. The normalized spacial score (nSPS) is 18.0. The molecule has 37 heavy (non-hydrogen) atoms. The van der Waals surface area contributed by atoms with Crippen LogP contribution < -0.4 is 0 Å². The average molecular weight is 553 g/mol. The number of piperidine rings is 2. The lowest BCUT2D eigenvalue weighted by molar-refractivity contribution is -0.138. The van der Waals surface area contributed by atoms with Gasteiger partial charge in [0.15, 0.2) is 0 Å². The summed E-state index contributed by atoms with van der Waals surface area (Å²) in [6.45, 7) is 1.96. The van der Waals surface area contributed by atoms with Crippen molar-refractivity contribution in [2.75, 3.05) is 26.2 Å². The van der Waals surface area contributed by atoms with Gasteiger partial charge in [-0.3, -0.25) is 9.59 Å². The molecule has 0 radical (unpaired) electrons. The smallest absolute Gasteiger partial charge is 0.339 e. The molecule has 0 saturated carbocycles. The van der Waals surface area contributed by atoms with Gasteiger partial charge in [0.25, 0.3) is 11.8 Å². The Morgan fingerprint density at radius 3 is 2.00 bits per heavy atom. The fraction of sp³-hybridized carbons (Fsp3) is 0.407. The van der Waals surface area contributed by atoms with Crippen LogP contribution in [0.3, 0.4) is 0 Å². The number of likely N-dealkylation sites (tertiary alicyclic amines) is 2. The molecular weight excluding hydrogens is 528 g/mol. The van der Waals surface area contributed by atoms with Crippen molar-refractivity contribution in [3.8, 4) is 0 Å². The molecule has 2 aliphatic heterocycles. The number of halogens is 5. The summed E-state index contributed by atoms with van der Waals surface area (Å²) in [4.78, 5) is 29.8. The first-order valence-corrected chi connectivity index (χ1v) is 13.4. The highest BCUT2D eigenvalue weighted by molar-refractivity contribution is 7.21. The quantitative estimate of drug-likeness (QED) is 0.325. The van der Waals surface area contributed by atoms with E-state index in [9.17, 15) is 27.2 Å². The van der Waals surface area contributed by atoms with E-state index in [1.54, 1.807) is 0 Å². The summed E-state index contributed by atoms with van der Waals surface area (Å²) in [6, 6.07) is 9.86. The first kappa shape index (κ1) is 26.0. The molecular formula is C27H25ClF4N2O2S. The highest BCUT2D eigenvalue weighted by atomic mass is 35.5. The van der Waals surface area contributed by atoms with E-state index in [4.69, 9.17) is 11.6 Å². The summed E-state index contributed by atoms with van der Waals surface area (Å²) in [5.74, 6) is -1.07. The van der Waals surface area contributed by atoms with Crippen molar-refractivity contribution in [1.82, 2.24) is 9.80 Å². The maximum Gasteiger partial charge on any atom is 0.417 e. The number of fused-ring (bicyclic) bond motifs is 1. The van der Waals surface area contributed by atoms with Crippen LogP contribution in [0, 0.1) is 17.7 Å². The fourth-order valence-electron chi connectivity index (χ4n) is 5.55. The SMILES string of the molecule is O=C(c1ccc(F)cc1C(F)(F)F)N1CCC(C2CCN(C(=O)c3sc4ccccc4c3Cl)CC2)CC1. The van der Waals surface area contributed by atoms with E-state index in [1.165, 1.54) is 16.2 Å². The Balaban J connectivity index is 1.17. The molecule has 0 spiro atoms. The van der Waals surface area contributed by atoms with Gasteiger partial charge in [-0.25, -0.2) is 4.39 Å². The van der Waals surface area contributed by atoms with Crippen LogP contribution in [0.25, 0.3) is 10.1 Å². The Hall–Kier alpha value is -2.65. The number of nitrogens with zero attached hydrogens (tertiary/aromatic N) is 2. The number of carbonyl (C=O) groups excluding carboxylic acids is 2. The van der Waals surface area contributed by atoms with Crippen molar-refractivity contribution in [2.45, 2.75) is 31.9 Å². The molecule has 0 N–H and O–H groups in total. The molecule has 10 heteroatoms. The third-order valence-electron chi connectivity index (χ3n) is 7.57. The maximum absolute atomic E-state index is 13.4. The van der Waals surface area contributed by atoms with Crippen molar-refractivity contribution in [3.05, 3.63) is 69.3 Å². The van der Waals surface area contributed by atoms with Crippen LogP contribution in [0.4, 0.5) is 17.6 Å². The van der Waals surface area contributed by atoms with Crippen molar-refractivity contribution in [2.24, 2.45) is 11.8 Å². The van der Waals surface area contributed by atoms with Gasteiger partial charge in [-0.1, -0.05) is 29.8 Å². The van der Waals surface area contributed by atoms with Gasteiger partial charge in [-0.05, 0) is 61.8 Å². The van der Waals surface area contributed by atoms with Gasteiger partial charge in [0, 0.05) is 36.3 Å². The lowest BCUT2D eigenvalue weighted by atomic mass is 9.78. The Labute approximate surface area is 220 Å². The number of alkyl halides is 3. The predicted octanol–water partition coefficient (Wildman–Crippen LogP) is 7.12. The van der Waals surface area contributed by atoms with Crippen LogP contribution in [-0.2, 0) is 6.18 Å². The molecule has 3 heterocycles. The zero-order valence-electron chi connectivity index (χ0n) is 19.9. The van der Waals surface area contributed by atoms with Gasteiger partial charge < -0.3 is 9.80 Å². The molecule has 1 aromatic heterocycles. The molecule has 3 aromatic rings. The summed E-state index contributed by atoms with van der Waals surface area (Å²) < 4.78 is 54.5. The fourth-order valence-corrected chi connectivity index (χ4v) is 7.03. The molecule has 4 nitrogen and oxygen atoms in total. The number of carbonyl (C=O) groups is 2. The summed E-state index contributed by atoms with van der Waals surface area (Å²) in [6.07, 6.45) is -1.76. The molecule has 2 amide bonds. The minimum Gasteiger partial charge on any atom is -0.339 e. The monoisotopic (exact) mass is 552 g/mol. The van der Waals surface area contributed by atoms with Gasteiger partial charge >= 0.3 is 6.18 Å². The molecule has 5 rings (SSSR count). The van der Waals surface area contributed by atoms with E-state index in [0.717, 1.165) is 35.1 Å². The molecule has 0 bridgehead atoms. The first-order valence-electron chi connectivity index (χ1n) is 12.3. The lowest BCUT2D eigenvalue weighted by Crippen LogP contribution is -2.44. The highest BCUT2D eigenvalue weighted by Crippen LogP contribution is 2.38. The van der Waals surface area contributed by atoms with Gasteiger partial charge in [-0.15, -0.1) is 11.3 Å². The Morgan fingerprint density at radius 2 is 1.43 bits per heavy atom. The van der Waals surface area contributed by atoms with E-state index in [2.05, 4.69) is 0 Å². The zero-order chi connectivity index (χ0) is 26.3. The highest BCUT2D eigenvalue weighted by Gasteiger charge is 2.38. The molecule has 2 aliphatic rings. The second kappa shape index (κ2) is 10.3. The van der Waals surface area contributed by atoms with Crippen molar-refractivity contribution >= 4 is 44.8 Å². The second-order valence-electron chi connectivity index (χ2n) is 9.69. The van der Waals surface area contributed by atoms with Gasteiger partial charge in [-0.2, -0.15) is 13.2 Å². The number of hydrogen-bond acceptors (Lipinski definition) is 3. The summed E-state index contributed by atoms with van der Waals surface area (Å²) in [7, 11) is 0.